The number of nitrogens with zero attached hydrogens (tertiary/aromatic N) is 3. The van der Waals surface area contributed by atoms with Crippen molar-refractivity contribution >= 4 is 5.69 Å². The van der Waals surface area contributed by atoms with E-state index in [1.807, 2.05) is 19.2 Å². The fourth-order valence-electron chi connectivity index (χ4n) is 3.36. The maximum Gasteiger partial charge on any atom is 0.0806 e. The molecule has 2 rings (SSSR count). The predicted octanol–water partition coefficient (Wildman–Crippen LogP) is 1.95. The molecule has 6 nitrogen and oxygen atoms in total. The second kappa shape index (κ2) is 10.8. The minimum absolute atomic E-state index is 0.344. The minimum Gasteiger partial charge on any atom is -0.393 e. The van der Waals surface area contributed by atoms with E-state index in [1.165, 1.54) is 0 Å². The topological polar surface area (TPSA) is 80.1 Å². The lowest BCUT2D eigenvalue weighted by molar-refractivity contribution is 0.0873. The van der Waals surface area contributed by atoms with Crippen molar-refractivity contribution in [1.82, 2.24) is 9.88 Å². The van der Waals surface area contributed by atoms with Gasteiger partial charge < -0.3 is 25.1 Å². The van der Waals surface area contributed by atoms with Gasteiger partial charge in [0.15, 0.2) is 0 Å². The minimum atomic E-state index is -0.622. The zero-order valence-corrected chi connectivity index (χ0v) is 16.2. The first-order chi connectivity index (χ1) is 12.5. The third kappa shape index (κ3) is 6.83. The van der Waals surface area contributed by atoms with E-state index in [0.29, 0.717) is 32.1 Å². The van der Waals surface area contributed by atoms with Gasteiger partial charge in [-0.3, -0.25) is 4.98 Å². The van der Waals surface area contributed by atoms with E-state index in [4.69, 9.17) is 0 Å². The summed E-state index contributed by atoms with van der Waals surface area (Å²) < 4.78 is 0. The van der Waals surface area contributed by atoms with Crippen molar-refractivity contribution in [3.8, 4) is 0 Å². The first-order valence-corrected chi connectivity index (χ1v) is 9.92. The van der Waals surface area contributed by atoms with Crippen LogP contribution in [0.15, 0.2) is 18.5 Å². The van der Waals surface area contributed by atoms with Gasteiger partial charge in [0.25, 0.3) is 0 Å². The molecule has 1 aliphatic rings. The van der Waals surface area contributed by atoms with Crippen molar-refractivity contribution in [2.45, 2.75) is 63.8 Å². The summed E-state index contributed by atoms with van der Waals surface area (Å²) in [6.07, 6.45) is 6.16. The van der Waals surface area contributed by atoms with E-state index in [0.717, 1.165) is 43.9 Å². The summed E-state index contributed by atoms with van der Waals surface area (Å²) in [6.45, 7) is 6.04. The normalized spacial score (nSPS) is 19.8. The predicted molar refractivity (Wildman–Crippen MR) is 104 cm³/mol. The summed E-state index contributed by atoms with van der Waals surface area (Å²) in [5.74, 6) is 0. The van der Waals surface area contributed by atoms with Crippen molar-refractivity contribution in [3.05, 3.63) is 24.0 Å². The fourth-order valence-corrected chi connectivity index (χ4v) is 3.36. The first kappa shape index (κ1) is 21.1. The van der Waals surface area contributed by atoms with Gasteiger partial charge in [0.05, 0.1) is 30.2 Å². The van der Waals surface area contributed by atoms with Crippen LogP contribution in [0.5, 0.6) is 0 Å². The number of aromatic nitrogens is 1. The van der Waals surface area contributed by atoms with Gasteiger partial charge >= 0.3 is 0 Å². The number of anilines is 1. The van der Waals surface area contributed by atoms with Gasteiger partial charge in [-0.25, -0.2) is 0 Å². The zero-order valence-electron chi connectivity index (χ0n) is 16.2. The molecule has 0 bridgehead atoms. The van der Waals surface area contributed by atoms with Crippen molar-refractivity contribution in [1.29, 1.82) is 0 Å². The molecule has 1 aromatic rings. The van der Waals surface area contributed by atoms with E-state index >= 15 is 0 Å². The van der Waals surface area contributed by atoms with E-state index in [-0.39, 0.29) is 6.10 Å². The van der Waals surface area contributed by atoms with Crippen molar-refractivity contribution in [2.24, 2.45) is 0 Å². The third-order valence-corrected chi connectivity index (χ3v) is 5.29. The van der Waals surface area contributed by atoms with Crippen LogP contribution in [-0.4, -0.2) is 70.6 Å². The van der Waals surface area contributed by atoms with Crippen LogP contribution in [0.3, 0.4) is 0 Å². The lowest BCUT2D eigenvalue weighted by atomic mass is 10.00. The molecule has 26 heavy (non-hydrogen) atoms. The van der Waals surface area contributed by atoms with Crippen LogP contribution < -0.4 is 4.90 Å². The number of hydrogen-bond acceptors (Lipinski definition) is 6. The number of aliphatic hydroxyl groups is 3. The molecule has 3 N–H and O–H groups in total. The van der Waals surface area contributed by atoms with Gasteiger partial charge in [0.2, 0.25) is 0 Å². The zero-order chi connectivity index (χ0) is 18.9. The van der Waals surface area contributed by atoms with E-state index in [9.17, 15) is 15.3 Å². The molecular weight excluding hydrogens is 330 g/mol. The summed E-state index contributed by atoms with van der Waals surface area (Å²) in [7, 11) is 2.15. The molecule has 0 aromatic carbocycles. The van der Waals surface area contributed by atoms with Gasteiger partial charge in [-0.1, -0.05) is 6.92 Å². The van der Waals surface area contributed by atoms with Crippen LogP contribution >= 0.6 is 0 Å². The summed E-state index contributed by atoms with van der Waals surface area (Å²) >= 11 is 0. The SMILES string of the molecule is CCC(O)CCC(O)CCC(O)c1cncc(N2CCCN(C)CC2)c1. The summed E-state index contributed by atoms with van der Waals surface area (Å²) in [5.41, 5.74) is 1.87. The molecule has 3 atom stereocenters. The lowest BCUT2D eigenvalue weighted by Crippen LogP contribution is -2.28. The van der Waals surface area contributed by atoms with Gasteiger partial charge in [-0.15, -0.1) is 0 Å². The van der Waals surface area contributed by atoms with Crippen molar-refractivity contribution in [2.75, 3.05) is 38.1 Å². The molecule has 1 saturated heterocycles. The Balaban J connectivity index is 1.86. The van der Waals surface area contributed by atoms with Gasteiger partial charge in [0.1, 0.15) is 0 Å². The maximum absolute atomic E-state index is 10.5. The highest BCUT2D eigenvalue weighted by Gasteiger charge is 2.16. The van der Waals surface area contributed by atoms with Crippen LogP contribution in [0, 0.1) is 0 Å². The number of pyridine rings is 1. The Kier molecular flexibility index (Phi) is 8.78. The maximum atomic E-state index is 10.5. The molecule has 148 valence electrons. The van der Waals surface area contributed by atoms with Gasteiger partial charge in [-0.05, 0) is 58.2 Å². The van der Waals surface area contributed by atoms with E-state index < -0.39 is 12.2 Å². The van der Waals surface area contributed by atoms with Crippen molar-refractivity contribution in [3.63, 3.8) is 0 Å². The molecule has 3 unspecified atom stereocenters. The number of hydrogen-bond donors (Lipinski definition) is 3. The molecule has 0 saturated carbocycles. The second-order valence-corrected chi connectivity index (χ2v) is 7.51. The highest BCUT2D eigenvalue weighted by atomic mass is 16.3. The smallest absolute Gasteiger partial charge is 0.0806 e. The quantitative estimate of drug-likeness (QED) is 0.621. The van der Waals surface area contributed by atoms with Gasteiger partial charge in [-0.2, -0.15) is 0 Å². The standard InChI is InChI=1S/C20H35N3O3/c1-3-18(24)5-6-19(25)7-8-20(26)16-13-17(15-21-14-16)23-10-4-9-22(2)11-12-23/h13-15,18-20,24-26H,3-12H2,1-2H3. The summed E-state index contributed by atoms with van der Waals surface area (Å²) in [4.78, 5) is 8.98. The van der Waals surface area contributed by atoms with Crippen LogP contribution in [0.2, 0.25) is 0 Å². The number of rotatable bonds is 9. The Morgan fingerprint density at radius 3 is 2.46 bits per heavy atom. The van der Waals surface area contributed by atoms with Crippen LogP contribution in [0.1, 0.15) is 57.1 Å². The highest BCUT2D eigenvalue weighted by Crippen LogP contribution is 2.24. The Morgan fingerprint density at radius 1 is 0.962 bits per heavy atom. The number of aliphatic hydroxyl groups excluding tert-OH is 3. The fraction of sp³-hybridized carbons (Fsp3) is 0.750. The van der Waals surface area contributed by atoms with Gasteiger partial charge in [0, 0.05) is 31.4 Å². The Hall–Kier alpha value is -1.21. The Morgan fingerprint density at radius 2 is 1.69 bits per heavy atom. The average Bonchev–Trinajstić information content (AvgIpc) is 2.88. The van der Waals surface area contributed by atoms with Crippen molar-refractivity contribution < 1.29 is 15.3 Å². The molecule has 2 heterocycles. The van der Waals surface area contributed by atoms with E-state index in [2.05, 4.69) is 21.8 Å². The second-order valence-electron chi connectivity index (χ2n) is 7.51. The largest absolute Gasteiger partial charge is 0.393 e. The summed E-state index contributed by atoms with van der Waals surface area (Å²) in [6, 6.07) is 2.02. The van der Waals surface area contributed by atoms with Crippen LogP contribution in [0.4, 0.5) is 5.69 Å². The molecule has 0 radical (unpaired) electrons. The molecule has 0 aliphatic carbocycles. The average molecular weight is 366 g/mol. The van der Waals surface area contributed by atoms with Crippen LogP contribution in [0.25, 0.3) is 0 Å². The first-order valence-electron chi connectivity index (χ1n) is 9.92. The Labute approximate surface area is 157 Å². The third-order valence-electron chi connectivity index (χ3n) is 5.29. The summed E-state index contributed by atoms with van der Waals surface area (Å²) in [5, 5.41) is 30.1. The monoisotopic (exact) mass is 365 g/mol. The molecule has 1 aromatic heterocycles. The molecule has 0 spiro atoms. The molecule has 0 amide bonds. The number of likely N-dealkylation sites (N-methyl/N-ethyl adjacent to an activating group) is 1. The lowest BCUT2D eigenvalue weighted by Gasteiger charge is -2.23. The molecular formula is C20H35N3O3. The van der Waals surface area contributed by atoms with E-state index in [1.54, 1.807) is 6.20 Å². The van der Waals surface area contributed by atoms with Crippen LogP contribution in [-0.2, 0) is 0 Å². The highest BCUT2D eigenvalue weighted by molar-refractivity contribution is 5.46. The molecule has 6 heteroatoms. The molecule has 1 fully saturated rings. The Bertz CT molecular complexity index is 529. The molecule has 1 aliphatic heterocycles.